The standard InChI is InChI=1S/C45H80N14O14/c1-9-24(6)37(58-33(63)21-51-40(68)30(19-34(64)65)55-42(70)27(53-26(8)60)14-10-12-16-46)45(73)59-36(23(4)5)44(72)56-29(18-31(48)61)39(67)50-20-32(62)57-35(22(2)3)43(71)54-28(15-11-13-17-47)41(69)52-25(7)38(49)66/h22-25,27-30,35-37H,9-21,46-47H2,1-8H3,(H2,48,61)(H2,49,66)(H,50,67)(H,51,68)(H,52,69)(H,53,60)(H,54,71)(H,55,70)(H,56,72)(H,57,62)(H,58,63)(H,59,73)(H,64,65)/t24-,25-,27-,28-,29-,30-,35-,36-,37-/m0/s1. The van der Waals surface area contributed by atoms with Crippen molar-refractivity contribution >= 4 is 76.9 Å². The lowest BCUT2D eigenvalue weighted by atomic mass is 9.96. The van der Waals surface area contributed by atoms with Crippen molar-refractivity contribution in [1.82, 2.24) is 53.2 Å². The van der Waals surface area contributed by atoms with Gasteiger partial charge in [-0.1, -0.05) is 48.0 Å². The van der Waals surface area contributed by atoms with Gasteiger partial charge in [-0.05, 0) is 76.3 Å². The van der Waals surface area contributed by atoms with Crippen molar-refractivity contribution in [2.24, 2.45) is 40.7 Å². The first-order chi connectivity index (χ1) is 34.1. The fraction of sp³-hybridized carbons (Fsp3) is 0.711. The average molecular weight is 1040 g/mol. The minimum atomic E-state index is -1.67. The van der Waals surface area contributed by atoms with Crippen molar-refractivity contribution in [2.75, 3.05) is 26.2 Å². The van der Waals surface area contributed by atoms with Gasteiger partial charge in [-0.3, -0.25) is 62.3 Å². The van der Waals surface area contributed by atoms with E-state index in [1.807, 2.05) is 0 Å². The lowest BCUT2D eigenvalue weighted by molar-refractivity contribution is -0.141. The van der Waals surface area contributed by atoms with Crippen molar-refractivity contribution < 1.29 is 67.4 Å². The number of amides is 12. The Balaban J connectivity index is 6.01. The largest absolute Gasteiger partial charge is 0.481 e. The van der Waals surface area contributed by atoms with Crippen LogP contribution in [0.25, 0.3) is 0 Å². The first-order valence-electron chi connectivity index (χ1n) is 24.2. The van der Waals surface area contributed by atoms with E-state index in [0.717, 1.165) is 0 Å². The first-order valence-corrected chi connectivity index (χ1v) is 24.2. The summed E-state index contributed by atoms with van der Waals surface area (Å²) in [6.07, 6.45) is 0.888. The van der Waals surface area contributed by atoms with E-state index in [1.54, 1.807) is 41.5 Å². The zero-order valence-corrected chi connectivity index (χ0v) is 43.1. The summed E-state index contributed by atoms with van der Waals surface area (Å²) >= 11 is 0. The number of hydrogen-bond donors (Lipinski definition) is 15. The molecule has 0 aromatic heterocycles. The summed E-state index contributed by atoms with van der Waals surface area (Å²) < 4.78 is 0. The molecule has 0 spiro atoms. The molecule has 0 saturated carbocycles. The maximum atomic E-state index is 13.8. The zero-order chi connectivity index (χ0) is 56.1. The van der Waals surface area contributed by atoms with Crippen LogP contribution in [0, 0.1) is 17.8 Å². The molecule has 0 aliphatic rings. The number of carbonyl (C=O) groups excluding carboxylic acids is 12. The fourth-order valence-electron chi connectivity index (χ4n) is 6.79. The van der Waals surface area contributed by atoms with Gasteiger partial charge in [0.05, 0.1) is 25.9 Å². The molecule has 0 aromatic rings. The van der Waals surface area contributed by atoms with Crippen LogP contribution in [0.15, 0.2) is 0 Å². The van der Waals surface area contributed by atoms with E-state index in [-0.39, 0.29) is 12.8 Å². The molecule has 0 bridgehead atoms. The second kappa shape index (κ2) is 34.4. The highest BCUT2D eigenvalue weighted by atomic mass is 16.4. The monoisotopic (exact) mass is 1040 g/mol. The summed E-state index contributed by atoms with van der Waals surface area (Å²) in [5.41, 5.74) is 21.7. The van der Waals surface area contributed by atoms with Crippen LogP contribution in [-0.2, 0) is 62.3 Å². The number of carbonyl (C=O) groups is 13. The Morgan fingerprint density at radius 3 is 1.27 bits per heavy atom. The number of rotatable bonds is 36. The summed E-state index contributed by atoms with van der Waals surface area (Å²) in [7, 11) is 0. The maximum Gasteiger partial charge on any atom is 0.305 e. The highest BCUT2D eigenvalue weighted by molar-refractivity contribution is 5.99. The third-order valence-corrected chi connectivity index (χ3v) is 11.2. The van der Waals surface area contributed by atoms with Crippen LogP contribution in [0.2, 0.25) is 0 Å². The van der Waals surface area contributed by atoms with E-state index < -0.39 is 169 Å². The number of nitrogens with one attached hydrogen (secondary N) is 10. The molecule has 414 valence electrons. The second-order valence-electron chi connectivity index (χ2n) is 18.3. The zero-order valence-electron chi connectivity index (χ0n) is 43.1. The van der Waals surface area contributed by atoms with Gasteiger partial charge in [0.2, 0.25) is 70.9 Å². The van der Waals surface area contributed by atoms with Crippen molar-refractivity contribution in [3.05, 3.63) is 0 Å². The molecule has 28 heteroatoms. The highest BCUT2D eigenvalue weighted by Gasteiger charge is 2.35. The molecule has 0 unspecified atom stereocenters. The second-order valence-corrected chi connectivity index (χ2v) is 18.3. The molecular weight excluding hydrogens is 961 g/mol. The summed E-state index contributed by atoms with van der Waals surface area (Å²) in [5, 5.41) is 33.6. The van der Waals surface area contributed by atoms with Crippen molar-refractivity contribution in [1.29, 1.82) is 0 Å². The molecular formula is C45H80N14O14. The minimum absolute atomic E-state index is 0.143. The van der Waals surface area contributed by atoms with Gasteiger partial charge in [0, 0.05) is 6.92 Å². The van der Waals surface area contributed by atoms with E-state index in [2.05, 4.69) is 53.2 Å². The van der Waals surface area contributed by atoms with E-state index >= 15 is 0 Å². The molecule has 12 amide bonds. The number of nitrogens with two attached hydrogens (primary N) is 4. The predicted octanol–water partition coefficient (Wildman–Crippen LogP) is -5.41. The van der Waals surface area contributed by atoms with E-state index in [0.29, 0.717) is 45.2 Å². The number of unbranched alkanes of at least 4 members (excludes halogenated alkanes) is 2. The van der Waals surface area contributed by atoms with Gasteiger partial charge in [-0.25, -0.2) is 0 Å². The first kappa shape index (κ1) is 66.0. The molecule has 0 rings (SSSR count). The topological polar surface area (TPSA) is 467 Å². The van der Waals surface area contributed by atoms with Gasteiger partial charge in [-0.2, -0.15) is 0 Å². The number of carboxylic acid groups (broad SMARTS) is 1. The molecule has 73 heavy (non-hydrogen) atoms. The SMILES string of the molecule is CC[C@H](C)[C@H](NC(=O)CNC(=O)[C@H](CC(=O)O)NC(=O)[C@H](CCCCN)NC(C)=O)C(=O)N[C@H](C(=O)N[C@@H](CC(N)=O)C(=O)NCC(=O)N[C@H](C(=O)N[C@@H](CCCCN)C(=O)N[C@@H](C)C(N)=O)C(C)C)C(C)C. The van der Waals surface area contributed by atoms with Crippen molar-refractivity contribution in [3.63, 3.8) is 0 Å². The highest BCUT2D eigenvalue weighted by Crippen LogP contribution is 2.12. The number of primary amides is 2. The molecule has 0 aromatic carbocycles. The van der Waals surface area contributed by atoms with Crippen molar-refractivity contribution in [2.45, 2.75) is 162 Å². The Labute approximate surface area is 425 Å². The molecule has 0 fully saturated rings. The van der Waals surface area contributed by atoms with Crippen LogP contribution in [0.1, 0.15) is 113 Å². The number of aliphatic carboxylic acids is 1. The van der Waals surface area contributed by atoms with E-state index in [9.17, 15) is 67.4 Å². The molecule has 0 aliphatic heterocycles. The van der Waals surface area contributed by atoms with Crippen LogP contribution < -0.4 is 76.1 Å². The summed E-state index contributed by atoms with van der Waals surface area (Å²) in [6, 6.07) is -10.6. The summed E-state index contributed by atoms with van der Waals surface area (Å²) in [5.74, 6) is -13.7. The van der Waals surface area contributed by atoms with E-state index in [4.69, 9.17) is 22.9 Å². The van der Waals surface area contributed by atoms with Crippen LogP contribution in [0.3, 0.4) is 0 Å². The molecule has 28 nitrogen and oxygen atoms in total. The summed E-state index contributed by atoms with van der Waals surface area (Å²) in [6.45, 7) is 11.3. The summed E-state index contributed by atoms with van der Waals surface area (Å²) in [4.78, 5) is 167. The van der Waals surface area contributed by atoms with Gasteiger partial charge in [0.15, 0.2) is 0 Å². The maximum absolute atomic E-state index is 13.8. The smallest absolute Gasteiger partial charge is 0.305 e. The normalized spacial score (nSPS) is 14.7. The molecule has 9 atom stereocenters. The molecule has 0 heterocycles. The Morgan fingerprint density at radius 2 is 0.863 bits per heavy atom. The third kappa shape index (κ3) is 26.3. The van der Waals surface area contributed by atoms with Gasteiger partial charge in [0.25, 0.3) is 0 Å². The Bertz CT molecular complexity index is 1940. The van der Waals surface area contributed by atoms with Crippen LogP contribution >= 0.6 is 0 Å². The number of hydrogen-bond acceptors (Lipinski definition) is 15. The fourth-order valence-corrected chi connectivity index (χ4v) is 6.79. The molecule has 0 saturated heterocycles. The number of carboxylic acids is 1. The Hall–Kier alpha value is -6.97. The predicted molar refractivity (Wildman–Crippen MR) is 263 cm³/mol. The molecule has 0 radical (unpaired) electrons. The third-order valence-electron chi connectivity index (χ3n) is 11.2. The van der Waals surface area contributed by atoms with Gasteiger partial charge < -0.3 is 81.2 Å². The van der Waals surface area contributed by atoms with Crippen LogP contribution in [0.5, 0.6) is 0 Å². The van der Waals surface area contributed by atoms with Crippen LogP contribution in [-0.4, -0.2) is 156 Å². The lowest BCUT2D eigenvalue weighted by Crippen LogP contribution is -2.60. The Kier molecular flexibility index (Phi) is 31.1. The Morgan fingerprint density at radius 1 is 0.466 bits per heavy atom. The van der Waals surface area contributed by atoms with Crippen LogP contribution in [0.4, 0.5) is 0 Å². The molecule has 0 aliphatic carbocycles. The minimum Gasteiger partial charge on any atom is -0.481 e. The lowest BCUT2D eigenvalue weighted by Gasteiger charge is -2.29. The van der Waals surface area contributed by atoms with Gasteiger partial charge in [0.1, 0.15) is 48.3 Å². The van der Waals surface area contributed by atoms with E-state index in [1.165, 1.54) is 13.8 Å². The van der Waals surface area contributed by atoms with Crippen molar-refractivity contribution in [3.8, 4) is 0 Å². The average Bonchev–Trinajstić information content (AvgIpc) is 3.30. The van der Waals surface area contributed by atoms with Gasteiger partial charge in [-0.15, -0.1) is 0 Å². The van der Waals surface area contributed by atoms with Gasteiger partial charge >= 0.3 is 5.97 Å². The quantitative estimate of drug-likeness (QED) is 0.0261. The molecule has 19 N–H and O–H groups in total.